The normalized spacial score (nSPS) is 10.5. The topological polar surface area (TPSA) is 98.3 Å². The van der Waals surface area contributed by atoms with Crippen LogP contribution in [0.5, 0.6) is 11.5 Å². The fourth-order valence-corrected chi connectivity index (χ4v) is 3.03. The predicted octanol–water partition coefficient (Wildman–Crippen LogP) is 4.18. The maximum atomic E-state index is 13.1. The number of halogens is 1. The lowest BCUT2D eigenvalue weighted by molar-refractivity contribution is 0.102. The molecule has 1 amide bonds. The summed E-state index contributed by atoms with van der Waals surface area (Å²) in [6.07, 6.45) is 4.41. The van der Waals surface area contributed by atoms with E-state index in [4.69, 9.17) is 9.47 Å². The number of hydrogen-bond acceptors (Lipinski definition) is 7. The Labute approximate surface area is 177 Å². The van der Waals surface area contributed by atoms with Gasteiger partial charge in [-0.2, -0.15) is 0 Å². The van der Waals surface area contributed by atoms with Crippen LogP contribution in [0.25, 0.3) is 10.9 Å². The van der Waals surface area contributed by atoms with Gasteiger partial charge in [-0.3, -0.25) is 9.78 Å². The third kappa shape index (κ3) is 4.20. The number of methoxy groups -OCH3 is 2. The zero-order valence-corrected chi connectivity index (χ0v) is 16.7. The number of aromatic nitrogens is 3. The predicted molar refractivity (Wildman–Crippen MR) is 115 cm³/mol. The number of fused-ring (bicyclic) bond motifs is 1. The molecule has 0 atom stereocenters. The monoisotopic (exact) mass is 419 g/mol. The molecule has 0 saturated heterocycles. The fraction of sp³-hybridized carbons (Fsp3) is 0.0909. The van der Waals surface area contributed by atoms with Gasteiger partial charge in [-0.15, -0.1) is 0 Å². The van der Waals surface area contributed by atoms with Crippen LogP contribution in [0.4, 0.5) is 21.6 Å². The quantitative estimate of drug-likeness (QED) is 0.484. The zero-order valence-electron chi connectivity index (χ0n) is 16.7. The van der Waals surface area contributed by atoms with Crippen molar-refractivity contribution in [1.82, 2.24) is 15.0 Å². The van der Waals surface area contributed by atoms with Crippen LogP contribution in [0.15, 0.2) is 61.2 Å². The van der Waals surface area contributed by atoms with Gasteiger partial charge < -0.3 is 20.1 Å². The Morgan fingerprint density at radius 2 is 1.74 bits per heavy atom. The largest absolute Gasteiger partial charge is 0.493 e. The molecule has 4 rings (SSSR count). The van der Waals surface area contributed by atoms with Crippen molar-refractivity contribution in [3.8, 4) is 11.5 Å². The summed E-state index contributed by atoms with van der Waals surface area (Å²) >= 11 is 0. The van der Waals surface area contributed by atoms with Gasteiger partial charge in [0.05, 0.1) is 31.0 Å². The first kappa shape index (κ1) is 20.0. The number of hydrogen-bond donors (Lipinski definition) is 2. The van der Waals surface area contributed by atoms with E-state index >= 15 is 0 Å². The molecule has 2 aromatic carbocycles. The minimum Gasteiger partial charge on any atom is -0.493 e. The Kier molecular flexibility index (Phi) is 5.57. The minimum absolute atomic E-state index is 0.291. The van der Waals surface area contributed by atoms with Crippen LogP contribution in [0.2, 0.25) is 0 Å². The van der Waals surface area contributed by atoms with Gasteiger partial charge in [0.25, 0.3) is 5.91 Å². The number of nitrogens with zero attached hydrogens (tertiary/aromatic N) is 3. The highest BCUT2D eigenvalue weighted by molar-refractivity contribution is 6.08. The number of ether oxygens (including phenoxy) is 2. The van der Waals surface area contributed by atoms with E-state index in [1.54, 1.807) is 38.6 Å². The summed E-state index contributed by atoms with van der Waals surface area (Å²) in [6, 6.07) is 10.7. The van der Waals surface area contributed by atoms with Crippen molar-refractivity contribution < 1.29 is 18.7 Å². The van der Waals surface area contributed by atoms with E-state index in [1.807, 2.05) is 0 Å². The molecule has 31 heavy (non-hydrogen) atoms. The molecule has 0 aliphatic rings. The van der Waals surface area contributed by atoms with Gasteiger partial charge in [0.1, 0.15) is 18.0 Å². The van der Waals surface area contributed by atoms with Gasteiger partial charge >= 0.3 is 0 Å². The van der Waals surface area contributed by atoms with Crippen LogP contribution in [-0.2, 0) is 0 Å². The van der Waals surface area contributed by atoms with Crippen molar-refractivity contribution in [3.63, 3.8) is 0 Å². The first-order valence-corrected chi connectivity index (χ1v) is 9.23. The fourth-order valence-electron chi connectivity index (χ4n) is 3.03. The second-order valence-electron chi connectivity index (χ2n) is 6.45. The molecule has 2 N–H and O–H groups in total. The van der Waals surface area contributed by atoms with Crippen molar-refractivity contribution in [2.24, 2.45) is 0 Å². The lowest BCUT2D eigenvalue weighted by Gasteiger charge is -2.14. The van der Waals surface area contributed by atoms with E-state index in [1.165, 1.54) is 36.8 Å². The minimum atomic E-state index is -0.403. The molecule has 2 heterocycles. The molecule has 9 heteroatoms. The third-order valence-electron chi connectivity index (χ3n) is 4.56. The van der Waals surface area contributed by atoms with E-state index in [0.717, 1.165) is 0 Å². The Morgan fingerprint density at radius 3 is 2.48 bits per heavy atom. The zero-order chi connectivity index (χ0) is 21.8. The molecular weight excluding hydrogens is 401 g/mol. The first-order chi connectivity index (χ1) is 15.1. The van der Waals surface area contributed by atoms with Crippen molar-refractivity contribution in [2.75, 3.05) is 24.9 Å². The van der Waals surface area contributed by atoms with E-state index in [-0.39, 0.29) is 5.82 Å². The molecule has 0 fully saturated rings. The van der Waals surface area contributed by atoms with Crippen LogP contribution in [-0.4, -0.2) is 35.1 Å². The van der Waals surface area contributed by atoms with Crippen molar-refractivity contribution in [1.29, 1.82) is 0 Å². The smallest absolute Gasteiger partial charge is 0.259 e. The summed E-state index contributed by atoms with van der Waals surface area (Å²) in [5.41, 5.74) is 1.88. The maximum Gasteiger partial charge on any atom is 0.259 e. The highest BCUT2D eigenvalue weighted by atomic mass is 19.1. The number of benzene rings is 2. The standard InChI is InChI=1S/C22H18FN5O3/c1-30-19-9-15-18(10-20(19)31-2)25-12-26-21(15)28-17-7-8-24-11-16(17)22(29)27-14-5-3-13(23)4-6-14/h3-12H,1-2H3,(H,27,29)(H,24,25,26,28). The van der Waals surface area contributed by atoms with E-state index in [9.17, 15) is 9.18 Å². The number of anilines is 3. The van der Waals surface area contributed by atoms with Gasteiger partial charge in [-0.25, -0.2) is 14.4 Å². The number of amides is 1. The summed E-state index contributed by atoms with van der Waals surface area (Å²) in [5, 5.41) is 6.58. The lowest BCUT2D eigenvalue weighted by Crippen LogP contribution is -2.14. The molecule has 0 saturated carbocycles. The molecule has 8 nitrogen and oxygen atoms in total. The summed E-state index contributed by atoms with van der Waals surface area (Å²) in [5.74, 6) is 0.761. The van der Waals surface area contributed by atoms with Gasteiger partial charge in [-0.1, -0.05) is 0 Å². The molecule has 0 bridgehead atoms. The van der Waals surface area contributed by atoms with Crippen molar-refractivity contribution in [2.45, 2.75) is 0 Å². The van der Waals surface area contributed by atoms with Gasteiger partial charge in [0.2, 0.25) is 0 Å². The number of pyridine rings is 1. The Bertz CT molecular complexity index is 1250. The van der Waals surface area contributed by atoms with Gasteiger partial charge in [-0.05, 0) is 36.4 Å². The Balaban J connectivity index is 1.68. The van der Waals surface area contributed by atoms with Crippen molar-refractivity contribution >= 4 is 34.0 Å². The molecular formula is C22H18FN5O3. The average Bonchev–Trinajstić information content (AvgIpc) is 2.80. The molecule has 156 valence electrons. The summed E-state index contributed by atoms with van der Waals surface area (Å²) in [7, 11) is 3.09. The third-order valence-corrected chi connectivity index (χ3v) is 4.56. The molecule has 4 aromatic rings. The maximum absolute atomic E-state index is 13.1. The first-order valence-electron chi connectivity index (χ1n) is 9.23. The highest BCUT2D eigenvalue weighted by Gasteiger charge is 2.15. The van der Waals surface area contributed by atoms with Crippen LogP contribution in [0.3, 0.4) is 0 Å². The highest BCUT2D eigenvalue weighted by Crippen LogP contribution is 2.34. The molecule has 2 aromatic heterocycles. The summed E-state index contributed by atoms with van der Waals surface area (Å²) < 4.78 is 23.8. The Morgan fingerprint density at radius 1 is 1.00 bits per heavy atom. The molecule has 0 unspecified atom stereocenters. The second-order valence-corrected chi connectivity index (χ2v) is 6.45. The van der Waals surface area contributed by atoms with Gasteiger partial charge in [0.15, 0.2) is 11.5 Å². The van der Waals surface area contributed by atoms with Crippen molar-refractivity contribution in [3.05, 3.63) is 72.6 Å². The van der Waals surface area contributed by atoms with E-state index in [2.05, 4.69) is 25.6 Å². The van der Waals surface area contributed by atoms with Crippen LogP contribution < -0.4 is 20.1 Å². The van der Waals surface area contributed by atoms with Crippen LogP contribution >= 0.6 is 0 Å². The summed E-state index contributed by atoms with van der Waals surface area (Å²) in [4.78, 5) is 25.4. The van der Waals surface area contributed by atoms with Crippen LogP contribution in [0, 0.1) is 5.82 Å². The van der Waals surface area contributed by atoms with Gasteiger partial charge in [0, 0.05) is 29.5 Å². The Hall–Kier alpha value is -4.27. The number of rotatable bonds is 6. The second kappa shape index (κ2) is 8.62. The molecule has 0 spiro atoms. The van der Waals surface area contributed by atoms with Crippen LogP contribution in [0.1, 0.15) is 10.4 Å². The molecule has 0 radical (unpaired) electrons. The number of nitrogens with one attached hydrogen (secondary N) is 2. The molecule has 0 aliphatic carbocycles. The number of carbonyl (C=O) groups is 1. The summed E-state index contributed by atoms with van der Waals surface area (Å²) in [6.45, 7) is 0. The SMILES string of the molecule is COc1cc2ncnc(Nc3ccncc3C(=O)Nc3ccc(F)cc3)c2cc1OC. The lowest BCUT2D eigenvalue weighted by atomic mass is 10.1. The average molecular weight is 419 g/mol. The number of carbonyl (C=O) groups excluding carboxylic acids is 1. The molecule has 0 aliphatic heterocycles. The van der Waals surface area contributed by atoms with E-state index < -0.39 is 5.91 Å². The van der Waals surface area contributed by atoms with E-state index in [0.29, 0.717) is 45.2 Å².